The van der Waals surface area contributed by atoms with Crippen molar-refractivity contribution in [2.24, 2.45) is 0 Å². The molecule has 0 radical (unpaired) electrons. The minimum Gasteiger partial charge on any atom is -0.390 e. The van der Waals surface area contributed by atoms with Gasteiger partial charge in [0.05, 0.1) is 5.60 Å². The van der Waals surface area contributed by atoms with Gasteiger partial charge in [-0.2, -0.15) is 0 Å². The smallest absolute Gasteiger partial charge is 0.147 e. The van der Waals surface area contributed by atoms with E-state index in [-0.39, 0.29) is 6.04 Å². The van der Waals surface area contributed by atoms with Gasteiger partial charge in [0.25, 0.3) is 0 Å². The largest absolute Gasteiger partial charge is 0.390 e. The normalized spacial score (nSPS) is 16.8. The number of hydrogen-bond acceptors (Lipinski definition) is 6. The third kappa shape index (κ3) is 6.97. The summed E-state index contributed by atoms with van der Waals surface area (Å²) in [6.07, 6.45) is -1.54. The van der Waals surface area contributed by atoms with Crippen molar-refractivity contribution in [1.82, 2.24) is 15.8 Å². The lowest BCUT2D eigenvalue weighted by Crippen LogP contribution is -2.62. The van der Waals surface area contributed by atoms with E-state index >= 15 is 0 Å². The maximum Gasteiger partial charge on any atom is 0.147 e. The fraction of sp³-hybridized carbons (Fsp3) is 1.00. The van der Waals surface area contributed by atoms with Crippen LogP contribution in [0.25, 0.3) is 0 Å². The number of aliphatic hydroxyl groups excluding tert-OH is 2. The van der Waals surface area contributed by atoms with Crippen molar-refractivity contribution < 1.29 is 15.3 Å². The van der Waals surface area contributed by atoms with Crippen LogP contribution in [-0.4, -0.2) is 63.4 Å². The highest BCUT2D eigenvalue weighted by molar-refractivity contribution is 4.88. The van der Waals surface area contributed by atoms with Gasteiger partial charge in [0.15, 0.2) is 0 Å². The lowest BCUT2D eigenvalue weighted by atomic mass is 9.88. The maximum atomic E-state index is 10.3. The van der Waals surface area contributed by atoms with Gasteiger partial charge >= 0.3 is 0 Å². The summed E-state index contributed by atoms with van der Waals surface area (Å²) in [5.74, 6) is 0. The lowest BCUT2D eigenvalue weighted by Gasteiger charge is -2.44. The van der Waals surface area contributed by atoms with Gasteiger partial charge in [-0.25, -0.2) is 5.01 Å². The molecule has 0 rings (SSSR count). The van der Waals surface area contributed by atoms with Crippen molar-refractivity contribution in [3.05, 3.63) is 0 Å². The van der Waals surface area contributed by atoms with Crippen molar-refractivity contribution in [1.29, 1.82) is 0 Å². The van der Waals surface area contributed by atoms with Crippen LogP contribution < -0.4 is 10.7 Å². The van der Waals surface area contributed by atoms with E-state index in [1.54, 1.807) is 25.9 Å². The summed E-state index contributed by atoms with van der Waals surface area (Å²) in [6.45, 7) is 11.5. The first-order valence-corrected chi connectivity index (χ1v) is 7.19. The number of hydrazine groups is 1. The molecule has 0 aliphatic heterocycles. The van der Waals surface area contributed by atoms with Crippen LogP contribution in [0, 0.1) is 0 Å². The number of hydrogen-bond donors (Lipinski definition) is 5. The van der Waals surface area contributed by atoms with Crippen molar-refractivity contribution in [2.75, 3.05) is 13.6 Å². The minimum absolute atomic E-state index is 0.240. The predicted octanol–water partition coefficient (Wildman–Crippen LogP) is 0.0397. The molecule has 2 atom stereocenters. The Bertz CT molecular complexity index is 277. The van der Waals surface area contributed by atoms with Crippen LogP contribution in [-0.2, 0) is 0 Å². The van der Waals surface area contributed by atoms with Crippen molar-refractivity contribution >= 4 is 0 Å². The minimum atomic E-state index is -1.07. The molecule has 0 heterocycles. The quantitative estimate of drug-likeness (QED) is 0.304. The zero-order valence-corrected chi connectivity index (χ0v) is 13.9. The van der Waals surface area contributed by atoms with Crippen molar-refractivity contribution in [3.8, 4) is 0 Å². The van der Waals surface area contributed by atoms with Gasteiger partial charge in [0.2, 0.25) is 0 Å². The van der Waals surface area contributed by atoms with E-state index in [1.807, 2.05) is 27.7 Å². The highest BCUT2D eigenvalue weighted by Gasteiger charge is 2.38. The Morgan fingerprint density at radius 1 is 1.10 bits per heavy atom. The Hall–Kier alpha value is -0.240. The average Bonchev–Trinajstić information content (AvgIpc) is 2.22. The first kappa shape index (κ1) is 19.8. The molecule has 2 unspecified atom stereocenters. The molecule has 0 fully saturated rings. The van der Waals surface area contributed by atoms with Crippen molar-refractivity contribution in [3.63, 3.8) is 0 Å². The van der Waals surface area contributed by atoms with E-state index < -0.39 is 23.5 Å². The number of nitrogens with zero attached hydrogens (tertiary/aromatic N) is 1. The average molecular weight is 291 g/mol. The van der Waals surface area contributed by atoms with Gasteiger partial charge < -0.3 is 20.6 Å². The maximum absolute atomic E-state index is 10.3. The summed E-state index contributed by atoms with van der Waals surface area (Å²) in [6, 6.07) is 0.240. The fourth-order valence-corrected chi connectivity index (χ4v) is 2.57. The summed E-state index contributed by atoms with van der Waals surface area (Å²) in [4.78, 5) is 0. The van der Waals surface area contributed by atoms with E-state index in [2.05, 4.69) is 10.7 Å². The van der Waals surface area contributed by atoms with E-state index in [4.69, 9.17) is 0 Å². The molecule has 0 bridgehead atoms. The summed E-state index contributed by atoms with van der Waals surface area (Å²) >= 11 is 0. The Morgan fingerprint density at radius 3 is 1.95 bits per heavy atom. The van der Waals surface area contributed by atoms with Gasteiger partial charge in [-0.3, -0.25) is 5.43 Å². The second-order valence-electron chi connectivity index (χ2n) is 6.94. The molecule has 0 aliphatic carbocycles. The van der Waals surface area contributed by atoms with E-state index in [0.717, 1.165) is 0 Å². The van der Waals surface area contributed by atoms with Gasteiger partial charge in [0.1, 0.15) is 12.3 Å². The first-order chi connectivity index (χ1) is 8.90. The summed E-state index contributed by atoms with van der Waals surface area (Å²) < 4.78 is 0. The van der Waals surface area contributed by atoms with E-state index in [9.17, 15) is 15.3 Å². The second kappa shape index (κ2) is 7.68. The third-order valence-corrected chi connectivity index (χ3v) is 3.10. The van der Waals surface area contributed by atoms with Gasteiger partial charge in [-0.15, -0.1) is 0 Å². The molecule has 122 valence electrons. The number of aliphatic hydroxyl groups is 3. The van der Waals surface area contributed by atoms with Crippen LogP contribution in [0.15, 0.2) is 0 Å². The Balaban J connectivity index is 4.79. The molecule has 0 aromatic rings. The van der Waals surface area contributed by atoms with Gasteiger partial charge in [-0.05, 0) is 41.2 Å². The molecule has 6 nitrogen and oxygen atoms in total. The van der Waals surface area contributed by atoms with E-state index in [1.165, 1.54) is 0 Å². The highest BCUT2D eigenvalue weighted by atomic mass is 16.4. The third-order valence-electron chi connectivity index (χ3n) is 3.10. The molecular formula is C14H33N3O3. The summed E-state index contributed by atoms with van der Waals surface area (Å²) in [7, 11) is 1.69. The van der Waals surface area contributed by atoms with Gasteiger partial charge in [-0.1, -0.05) is 13.8 Å². The van der Waals surface area contributed by atoms with Crippen LogP contribution in [0.3, 0.4) is 0 Å². The van der Waals surface area contributed by atoms with Crippen LogP contribution in [0.5, 0.6) is 0 Å². The molecule has 0 aromatic carbocycles. The number of nitrogens with one attached hydrogen (secondary N) is 2. The van der Waals surface area contributed by atoms with Crippen LogP contribution in [0.4, 0.5) is 0 Å². The molecule has 0 saturated heterocycles. The first-order valence-electron chi connectivity index (χ1n) is 7.19. The second-order valence-corrected chi connectivity index (χ2v) is 6.94. The molecule has 5 N–H and O–H groups in total. The van der Waals surface area contributed by atoms with Crippen LogP contribution in [0.1, 0.15) is 48.0 Å². The van der Waals surface area contributed by atoms with Crippen LogP contribution in [0.2, 0.25) is 0 Å². The lowest BCUT2D eigenvalue weighted by molar-refractivity contribution is -0.154. The molecule has 0 aliphatic rings. The van der Waals surface area contributed by atoms with Gasteiger partial charge in [0, 0.05) is 18.1 Å². The standard InChI is InChI=1S/C14H33N3O3/c1-10(2)16-8-11(18)12(19)17(15-7)13(3,4)9-14(5,6)20/h10-12,15-16,18-20H,8-9H2,1-7H3. The van der Waals surface area contributed by atoms with Crippen LogP contribution >= 0.6 is 0 Å². The zero-order chi connectivity index (χ0) is 16.1. The van der Waals surface area contributed by atoms with Crippen molar-refractivity contribution in [2.45, 2.75) is 77.5 Å². The molecule has 0 saturated carbocycles. The fourth-order valence-electron chi connectivity index (χ4n) is 2.57. The SMILES string of the molecule is CNN(C(O)C(O)CNC(C)C)C(C)(C)CC(C)(C)O. The zero-order valence-electron chi connectivity index (χ0n) is 13.9. The monoisotopic (exact) mass is 291 g/mol. The summed E-state index contributed by atoms with van der Waals surface area (Å²) in [5.41, 5.74) is 1.53. The summed E-state index contributed by atoms with van der Waals surface area (Å²) in [5, 5.41) is 35.0. The molecule has 0 spiro atoms. The number of rotatable bonds is 9. The Labute approximate surface area is 123 Å². The predicted molar refractivity (Wildman–Crippen MR) is 81.0 cm³/mol. The molecular weight excluding hydrogens is 258 g/mol. The molecule has 20 heavy (non-hydrogen) atoms. The topological polar surface area (TPSA) is 88.0 Å². The Kier molecular flexibility index (Phi) is 7.59. The molecule has 6 heteroatoms. The Morgan fingerprint density at radius 2 is 1.60 bits per heavy atom. The molecule has 0 aromatic heterocycles. The highest BCUT2D eigenvalue weighted by Crippen LogP contribution is 2.26. The molecule has 0 amide bonds. The van der Waals surface area contributed by atoms with E-state index in [0.29, 0.717) is 13.0 Å².